The van der Waals surface area contributed by atoms with Gasteiger partial charge in [0.25, 0.3) is 11.8 Å². The number of para-hydroxylation sites is 1. The maximum absolute atomic E-state index is 12.7. The number of anilines is 1. The molecular weight excluding hydrogens is 406 g/mol. The number of nitrogens with one attached hydrogen (secondary N) is 2. The Kier molecular flexibility index (Phi) is 5.55. The molecule has 158 valence electrons. The first-order valence-corrected chi connectivity index (χ1v) is 9.72. The van der Waals surface area contributed by atoms with Crippen molar-refractivity contribution in [1.82, 2.24) is 4.98 Å². The lowest BCUT2D eigenvalue weighted by Crippen LogP contribution is -2.13. The molecule has 4 aromatic rings. The highest BCUT2D eigenvalue weighted by Gasteiger charge is 2.11. The molecule has 0 bridgehead atoms. The summed E-state index contributed by atoms with van der Waals surface area (Å²) in [6.07, 6.45) is 1.60. The first kappa shape index (κ1) is 20.6. The van der Waals surface area contributed by atoms with Crippen molar-refractivity contribution in [3.8, 4) is 11.5 Å². The van der Waals surface area contributed by atoms with Crippen molar-refractivity contribution in [3.05, 3.63) is 106 Å². The molecule has 7 nitrogen and oxygen atoms in total. The van der Waals surface area contributed by atoms with Crippen molar-refractivity contribution in [2.45, 2.75) is 0 Å². The van der Waals surface area contributed by atoms with Gasteiger partial charge in [0.15, 0.2) is 0 Å². The van der Waals surface area contributed by atoms with Gasteiger partial charge in [0.05, 0.1) is 5.56 Å². The van der Waals surface area contributed by atoms with Gasteiger partial charge in [-0.05, 0) is 54.1 Å². The van der Waals surface area contributed by atoms with Gasteiger partial charge >= 0.3 is 0 Å². The van der Waals surface area contributed by atoms with Gasteiger partial charge in [-0.1, -0.05) is 30.9 Å². The second kappa shape index (κ2) is 8.61. The molecule has 0 aliphatic heterocycles. The Bertz CT molecular complexity index is 1410. The molecule has 0 fully saturated rings. The summed E-state index contributed by atoms with van der Waals surface area (Å²) >= 11 is 0. The van der Waals surface area contributed by atoms with Crippen LogP contribution in [0.5, 0.6) is 11.5 Å². The first-order valence-electron chi connectivity index (χ1n) is 9.72. The lowest BCUT2D eigenvalue weighted by atomic mass is 10.1. The van der Waals surface area contributed by atoms with E-state index >= 15 is 0 Å². The van der Waals surface area contributed by atoms with Gasteiger partial charge in [-0.2, -0.15) is 0 Å². The van der Waals surface area contributed by atoms with E-state index in [1.54, 1.807) is 72.8 Å². The summed E-state index contributed by atoms with van der Waals surface area (Å²) in [7, 11) is 0. The van der Waals surface area contributed by atoms with Crippen LogP contribution in [0.4, 0.5) is 5.69 Å². The van der Waals surface area contributed by atoms with Crippen LogP contribution in [0.1, 0.15) is 26.3 Å². The third-order valence-corrected chi connectivity index (χ3v) is 4.85. The van der Waals surface area contributed by atoms with Crippen LogP contribution in [0.25, 0.3) is 17.0 Å². The third-order valence-electron chi connectivity index (χ3n) is 4.85. The molecule has 0 spiro atoms. The fourth-order valence-corrected chi connectivity index (χ4v) is 3.29. The normalized spacial score (nSPS) is 10.5. The van der Waals surface area contributed by atoms with Crippen molar-refractivity contribution in [3.63, 3.8) is 0 Å². The number of amides is 2. The van der Waals surface area contributed by atoms with Crippen molar-refractivity contribution in [2.24, 2.45) is 5.73 Å². The number of ether oxygens (including phenoxy) is 1. The lowest BCUT2D eigenvalue weighted by Gasteiger charge is -2.10. The SMILES string of the molecule is C=Cc1cc(=O)[nH]c2cc(C(=O)Nc3ccc(Oc4ccccc4C(N)=O)cc3)ccc12. The van der Waals surface area contributed by atoms with E-state index < -0.39 is 5.91 Å². The molecule has 0 atom stereocenters. The predicted molar refractivity (Wildman–Crippen MR) is 124 cm³/mol. The monoisotopic (exact) mass is 425 g/mol. The zero-order chi connectivity index (χ0) is 22.7. The Labute approximate surface area is 183 Å². The fourth-order valence-electron chi connectivity index (χ4n) is 3.29. The average molecular weight is 425 g/mol. The van der Waals surface area contributed by atoms with Crippen LogP contribution in [0.3, 0.4) is 0 Å². The summed E-state index contributed by atoms with van der Waals surface area (Å²) in [5.74, 6) is -0.0799. The molecule has 4 rings (SSSR count). The minimum atomic E-state index is -0.582. The van der Waals surface area contributed by atoms with E-state index in [0.29, 0.717) is 33.8 Å². The van der Waals surface area contributed by atoms with E-state index in [1.807, 2.05) is 0 Å². The minimum absolute atomic E-state index is 0.265. The number of carbonyl (C=O) groups excluding carboxylic acids is 2. The largest absolute Gasteiger partial charge is 0.457 e. The molecule has 0 saturated heterocycles. The Hall–Kier alpha value is -4.65. The number of nitrogens with two attached hydrogens (primary N) is 1. The maximum Gasteiger partial charge on any atom is 0.255 e. The van der Waals surface area contributed by atoms with E-state index in [4.69, 9.17) is 10.5 Å². The molecule has 2 amide bonds. The number of aromatic amines is 1. The Morgan fingerprint density at radius 2 is 1.75 bits per heavy atom. The van der Waals surface area contributed by atoms with Crippen molar-refractivity contribution in [1.29, 1.82) is 0 Å². The van der Waals surface area contributed by atoms with Crippen molar-refractivity contribution >= 4 is 34.5 Å². The number of aromatic nitrogens is 1. The van der Waals surface area contributed by atoms with E-state index in [1.165, 1.54) is 6.07 Å². The summed E-state index contributed by atoms with van der Waals surface area (Å²) in [6, 6.07) is 19.9. The Balaban J connectivity index is 1.51. The van der Waals surface area contributed by atoms with Gasteiger partial charge in [-0.3, -0.25) is 14.4 Å². The number of benzene rings is 3. The summed E-state index contributed by atoms with van der Waals surface area (Å²) < 4.78 is 5.74. The molecule has 4 N–H and O–H groups in total. The van der Waals surface area contributed by atoms with Crippen LogP contribution in [-0.2, 0) is 0 Å². The number of hydrogen-bond acceptors (Lipinski definition) is 4. The zero-order valence-corrected chi connectivity index (χ0v) is 16.9. The van der Waals surface area contributed by atoms with Crippen LogP contribution >= 0.6 is 0 Å². The van der Waals surface area contributed by atoms with Crippen molar-refractivity contribution in [2.75, 3.05) is 5.32 Å². The van der Waals surface area contributed by atoms with Crippen LogP contribution in [0.2, 0.25) is 0 Å². The maximum atomic E-state index is 12.7. The molecule has 1 aromatic heterocycles. The zero-order valence-electron chi connectivity index (χ0n) is 16.9. The summed E-state index contributed by atoms with van der Waals surface area (Å²) in [4.78, 5) is 38.8. The number of hydrogen-bond donors (Lipinski definition) is 3. The second-order valence-electron chi connectivity index (χ2n) is 6.99. The molecule has 0 aliphatic rings. The number of rotatable bonds is 6. The fraction of sp³-hybridized carbons (Fsp3) is 0. The number of H-pyrrole nitrogens is 1. The summed E-state index contributed by atoms with van der Waals surface area (Å²) in [5, 5.41) is 3.61. The molecule has 32 heavy (non-hydrogen) atoms. The van der Waals surface area contributed by atoms with Crippen LogP contribution in [0, 0.1) is 0 Å². The molecule has 0 saturated carbocycles. The van der Waals surface area contributed by atoms with E-state index in [-0.39, 0.29) is 17.0 Å². The van der Waals surface area contributed by atoms with E-state index in [0.717, 1.165) is 5.39 Å². The summed E-state index contributed by atoms with van der Waals surface area (Å²) in [5.41, 5.74) is 7.58. The van der Waals surface area contributed by atoms with Crippen LogP contribution in [-0.4, -0.2) is 16.8 Å². The molecule has 0 radical (unpaired) electrons. The molecule has 0 unspecified atom stereocenters. The highest BCUT2D eigenvalue weighted by molar-refractivity contribution is 6.06. The van der Waals surface area contributed by atoms with Gasteiger partial charge in [0.1, 0.15) is 11.5 Å². The van der Waals surface area contributed by atoms with E-state index in [9.17, 15) is 14.4 Å². The second-order valence-corrected chi connectivity index (χ2v) is 6.99. The number of fused-ring (bicyclic) bond motifs is 1. The van der Waals surface area contributed by atoms with Gasteiger partial charge in [0.2, 0.25) is 5.56 Å². The topological polar surface area (TPSA) is 114 Å². The minimum Gasteiger partial charge on any atom is -0.457 e. The van der Waals surface area contributed by atoms with Crippen molar-refractivity contribution < 1.29 is 14.3 Å². The summed E-state index contributed by atoms with van der Waals surface area (Å²) in [6.45, 7) is 3.72. The first-order chi connectivity index (χ1) is 15.4. The smallest absolute Gasteiger partial charge is 0.255 e. The Morgan fingerprint density at radius 3 is 2.47 bits per heavy atom. The highest BCUT2D eigenvalue weighted by atomic mass is 16.5. The quantitative estimate of drug-likeness (QED) is 0.427. The molecular formula is C25H19N3O4. The Morgan fingerprint density at radius 1 is 1.00 bits per heavy atom. The average Bonchev–Trinajstić information content (AvgIpc) is 2.79. The number of primary amides is 1. The number of carbonyl (C=O) groups is 2. The molecule has 1 heterocycles. The molecule has 3 aromatic carbocycles. The predicted octanol–water partition coefficient (Wildman–Crippen LogP) is 4.31. The van der Waals surface area contributed by atoms with Gasteiger partial charge < -0.3 is 20.8 Å². The number of pyridine rings is 1. The standard InChI is InChI=1S/C25H19N3O4/c1-2-15-14-23(29)28-21-13-16(7-12-19(15)21)25(31)27-17-8-10-18(11-9-17)32-22-6-4-3-5-20(22)24(26)30/h2-14H,1H2,(H2,26,30)(H,27,31)(H,28,29). The molecule has 7 heteroatoms. The lowest BCUT2D eigenvalue weighted by molar-refractivity contribution is 0.0995. The van der Waals surface area contributed by atoms with Gasteiger partial charge in [-0.25, -0.2) is 0 Å². The van der Waals surface area contributed by atoms with E-state index in [2.05, 4.69) is 16.9 Å². The van der Waals surface area contributed by atoms with Crippen LogP contribution < -0.4 is 21.3 Å². The van der Waals surface area contributed by atoms with Gasteiger partial charge in [-0.15, -0.1) is 0 Å². The molecule has 0 aliphatic carbocycles. The van der Waals surface area contributed by atoms with Crippen LogP contribution in [0.15, 0.2) is 84.2 Å². The van der Waals surface area contributed by atoms with Gasteiger partial charge in [0, 0.05) is 28.2 Å². The third kappa shape index (κ3) is 4.27. The highest BCUT2D eigenvalue weighted by Crippen LogP contribution is 2.26.